The van der Waals surface area contributed by atoms with Gasteiger partial charge in [0, 0.05) is 10.4 Å². The van der Waals surface area contributed by atoms with Crippen molar-refractivity contribution in [1.29, 1.82) is 0 Å². The number of nitrogens with zero attached hydrogens (tertiary/aromatic N) is 1. The van der Waals surface area contributed by atoms with Gasteiger partial charge in [0.05, 0.1) is 6.21 Å². The average molecular weight is 459 g/mol. The van der Waals surface area contributed by atoms with Crippen LogP contribution in [0.15, 0.2) is 69.8 Å². The zero-order chi connectivity index (χ0) is 21.0. The molecule has 0 aromatic heterocycles. The lowest BCUT2D eigenvalue weighted by molar-refractivity contribution is -0.158. The lowest BCUT2D eigenvalue weighted by atomic mass is 9.64. The number of carboxylic acids is 1. The number of allylic oxidation sites excluding steroid dienone is 2. The Morgan fingerprint density at radius 2 is 1.86 bits per heavy atom. The largest absolute Gasteiger partial charge is 0.480 e. The van der Waals surface area contributed by atoms with Gasteiger partial charge in [0.1, 0.15) is 5.82 Å². The van der Waals surface area contributed by atoms with Gasteiger partial charge in [-0.2, -0.15) is 5.10 Å². The Morgan fingerprint density at radius 3 is 2.48 bits per heavy atom. The van der Waals surface area contributed by atoms with Gasteiger partial charge in [-0.25, -0.2) is 9.82 Å². The van der Waals surface area contributed by atoms with Gasteiger partial charge in [-0.05, 0) is 55.2 Å². The van der Waals surface area contributed by atoms with Gasteiger partial charge in [0.2, 0.25) is 0 Å². The van der Waals surface area contributed by atoms with E-state index in [1.165, 1.54) is 30.5 Å². The maximum absolute atomic E-state index is 13.1. The minimum Gasteiger partial charge on any atom is -0.480 e. The summed E-state index contributed by atoms with van der Waals surface area (Å²) in [7, 11) is 0. The topological polar surface area (TPSA) is 78.8 Å². The van der Waals surface area contributed by atoms with E-state index in [2.05, 4.69) is 26.5 Å². The Balaban J connectivity index is 1.91. The van der Waals surface area contributed by atoms with E-state index in [1.807, 2.05) is 31.2 Å². The maximum Gasteiger partial charge on any atom is 0.320 e. The summed E-state index contributed by atoms with van der Waals surface area (Å²) >= 11 is 3.38. The molecular formula is C22H20BrFN2O3. The highest BCUT2D eigenvalue weighted by atomic mass is 79.9. The van der Waals surface area contributed by atoms with Gasteiger partial charge in [-0.3, -0.25) is 9.59 Å². The van der Waals surface area contributed by atoms with Crippen molar-refractivity contribution in [3.05, 3.63) is 81.6 Å². The first-order valence-electron chi connectivity index (χ1n) is 9.06. The molecule has 0 radical (unpaired) electrons. The van der Waals surface area contributed by atoms with Gasteiger partial charge in [-0.1, -0.05) is 51.8 Å². The summed E-state index contributed by atoms with van der Waals surface area (Å²) in [4.78, 5) is 25.4. The van der Waals surface area contributed by atoms with Gasteiger partial charge in [0.25, 0.3) is 5.91 Å². The zero-order valence-corrected chi connectivity index (χ0v) is 17.3. The lowest BCUT2D eigenvalue weighted by Crippen LogP contribution is -2.50. The summed E-state index contributed by atoms with van der Waals surface area (Å²) in [5.74, 6) is -2.78. The molecule has 0 saturated carbocycles. The minimum absolute atomic E-state index is 0.0762. The van der Waals surface area contributed by atoms with Crippen molar-refractivity contribution in [1.82, 2.24) is 5.43 Å². The average Bonchev–Trinajstić information content (AvgIpc) is 2.70. The Hall–Kier alpha value is -2.80. The molecule has 0 fully saturated rings. The number of hydrogen-bond acceptors (Lipinski definition) is 3. The van der Waals surface area contributed by atoms with E-state index >= 15 is 0 Å². The number of benzene rings is 2. The number of rotatable bonds is 5. The molecule has 2 aromatic rings. The zero-order valence-electron chi connectivity index (χ0n) is 15.7. The molecular weight excluding hydrogens is 439 g/mol. The molecule has 29 heavy (non-hydrogen) atoms. The van der Waals surface area contributed by atoms with Gasteiger partial charge >= 0.3 is 5.97 Å². The number of halogens is 2. The van der Waals surface area contributed by atoms with Crippen molar-refractivity contribution in [2.75, 3.05) is 0 Å². The molecule has 3 rings (SSSR count). The third kappa shape index (κ3) is 4.45. The number of aliphatic carboxylic acids is 1. The SMILES string of the molecule is CC1=CCC(C(=O)O)(C(=O)NN=Cc2ccc(F)cc2)C(c2ccc(Br)cc2)C1. The van der Waals surface area contributed by atoms with Crippen LogP contribution in [-0.4, -0.2) is 23.2 Å². The first-order valence-corrected chi connectivity index (χ1v) is 9.86. The molecule has 1 amide bonds. The van der Waals surface area contributed by atoms with Crippen LogP contribution in [0.5, 0.6) is 0 Å². The van der Waals surface area contributed by atoms with Gasteiger partial charge in [0.15, 0.2) is 5.41 Å². The van der Waals surface area contributed by atoms with Crippen LogP contribution in [0.1, 0.15) is 36.8 Å². The fourth-order valence-corrected chi connectivity index (χ4v) is 3.82. The number of nitrogens with one attached hydrogen (secondary N) is 1. The monoisotopic (exact) mass is 458 g/mol. The smallest absolute Gasteiger partial charge is 0.320 e. The van der Waals surface area contributed by atoms with Gasteiger partial charge in [-0.15, -0.1) is 0 Å². The van der Waals surface area contributed by atoms with E-state index in [0.29, 0.717) is 12.0 Å². The Kier molecular flexibility index (Phi) is 6.27. The summed E-state index contributed by atoms with van der Waals surface area (Å²) in [6.07, 6.45) is 3.69. The molecule has 0 spiro atoms. The highest BCUT2D eigenvalue weighted by molar-refractivity contribution is 9.10. The predicted octanol–water partition coefficient (Wildman–Crippen LogP) is 4.63. The van der Waals surface area contributed by atoms with Crippen molar-refractivity contribution in [3.8, 4) is 0 Å². The third-order valence-electron chi connectivity index (χ3n) is 5.20. The first kappa shape index (κ1) is 20.9. The van der Waals surface area contributed by atoms with E-state index in [0.717, 1.165) is 15.6 Å². The molecule has 0 heterocycles. The predicted molar refractivity (Wildman–Crippen MR) is 112 cm³/mol. The molecule has 1 aliphatic rings. The van der Waals surface area contributed by atoms with Crippen LogP contribution in [0.3, 0.4) is 0 Å². The molecule has 2 aromatic carbocycles. The van der Waals surface area contributed by atoms with Crippen LogP contribution in [0.2, 0.25) is 0 Å². The van der Waals surface area contributed by atoms with Crippen LogP contribution < -0.4 is 5.43 Å². The second-order valence-electron chi connectivity index (χ2n) is 7.09. The Labute approximate surface area is 176 Å². The second kappa shape index (κ2) is 8.69. The van der Waals surface area contributed by atoms with Crippen molar-refractivity contribution < 1.29 is 19.1 Å². The number of carbonyl (C=O) groups is 2. The Morgan fingerprint density at radius 1 is 1.21 bits per heavy atom. The maximum atomic E-state index is 13.1. The van der Waals surface area contributed by atoms with E-state index in [9.17, 15) is 19.1 Å². The standard InChI is InChI=1S/C22H20BrFN2O3/c1-14-10-11-22(21(28)29,19(12-14)16-4-6-17(23)7-5-16)20(27)26-25-13-15-2-8-18(24)9-3-15/h2-10,13,19H,11-12H2,1H3,(H,26,27)(H,28,29). The number of carboxylic acid groups (broad SMARTS) is 1. The Bertz CT molecular complexity index is 971. The summed E-state index contributed by atoms with van der Waals surface area (Å²) < 4.78 is 13.9. The quantitative estimate of drug-likeness (QED) is 0.296. The fraction of sp³-hybridized carbons (Fsp3) is 0.227. The molecule has 0 saturated heterocycles. The molecule has 7 heteroatoms. The normalized spacial score (nSPS) is 21.6. The molecule has 150 valence electrons. The molecule has 2 unspecified atom stereocenters. The molecule has 1 aliphatic carbocycles. The molecule has 2 atom stereocenters. The van der Waals surface area contributed by atoms with Crippen LogP contribution in [0, 0.1) is 11.2 Å². The van der Waals surface area contributed by atoms with E-state index in [-0.39, 0.29) is 12.2 Å². The summed E-state index contributed by atoms with van der Waals surface area (Å²) in [5.41, 5.74) is 3.11. The van der Waals surface area contributed by atoms with Crippen LogP contribution in [0.25, 0.3) is 0 Å². The van der Waals surface area contributed by atoms with E-state index in [1.54, 1.807) is 6.08 Å². The third-order valence-corrected chi connectivity index (χ3v) is 5.73. The molecule has 0 bridgehead atoms. The van der Waals surface area contributed by atoms with Gasteiger partial charge < -0.3 is 5.11 Å². The van der Waals surface area contributed by atoms with E-state index < -0.39 is 23.2 Å². The minimum atomic E-state index is -1.67. The first-order chi connectivity index (χ1) is 13.8. The van der Waals surface area contributed by atoms with E-state index in [4.69, 9.17) is 0 Å². The molecule has 5 nitrogen and oxygen atoms in total. The summed E-state index contributed by atoms with van der Waals surface area (Å²) in [5, 5.41) is 14.0. The summed E-state index contributed by atoms with van der Waals surface area (Å²) in [6, 6.07) is 12.9. The van der Waals surface area contributed by atoms with Crippen molar-refractivity contribution in [2.45, 2.75) is 25.7 Å². The number of hydrazone groups is 1. The van der Waals surface area contributed by atoms with Crippen LogP contribution >= 0.6 is 15.9 Å². The summed E-state index contributed by atoms with van der Waals surface area (Å²) in [6.45, 7) is 1.93. The fourth-order valence-electron chi connectivity index (χ4n) is 3.55. The highest BCUT2D eigenvalue weighted by Gasteiger charge is 2.53. The number of carbonyl (C=O) groups excluding carboxylic acids is 1. The van der Waals surface area contributed by atoms with Crippen LogP contribution in [0.4, 0.5) is 4.39 Å². The van der Waals surface area contributed by atoms with Crippen molar-refractivity contribution >= 4 is 34.0 Å². The molecule has 0 aliphatic heterocycles. The number of amides is 1. The van der Waals surface area contributed by atoms with Crippen LogP contribution in [-0.2, 0) is 9.59 Å². The highest BCUT2D eigenvalue weighted by Crippen LogP contribution is 2.47. The molecule has 2 N–H and O–H groups in total. The van der Waals surface area contributed by atoms with Crippen molar-refractivity contribution in [3.63, 3.8) is 0 Å². The second-order valence-corrected chi connectivity index (χ2v) is 8.01. The van der Waals surface area contributed by atoms with Crippen molar-refractivity contribution in [2.24, 2.45) is 10.5 Å². The lowest BCUT2D eigenvalue weighted by Gasteiger charge is -2.38. The number of hydrogen-bond donors (Lipinski definition) is 2.